The number of aromatic amines is 1. The van der Waals surface area contributed by atoms with Gasteiger partial charge in [-0.1, -0.05) is 42.5 Å². The van der Waals surface area contributed by atoms with Crippen molar-refractivity contribution >= 4 is 28.4 Å². The molecule has 186 valence electrons. The van der Waals surface area contributed by atoms with Gasteiger partial charge < -0.3 is 25.7 Å². The predicted molar refractivity (Wildman–Crippen MR) is 144 cm³/mol. The first kappa shape index (κ1) is 25.0. The van der Waals surface area contributed by atoms with Gasteiger partial charge in [-0.05, 0) is 54.3 Å². The van der Waals surface area contributed by atoms with Crippen molar-refractivity contribution in [3.8, 4) is 16.9 Å². The molecule has 4 aromatic rings. The molecule has 7 nitrogen and oxygen atoms in total. The molecule has 1 aromatic heterocycles. The molecule has 0 spiro atoms. The van der Waals surface area contributed by atoms with Crippen LogP contribution in [0.25, 0.3) is 22.0 Å². The van der Waals surface area contributed by atoms with E-state index in [0.717, 1.165) is 38.9 Å². The second kappa shape index (κ2) is 11.6. The standard InChI is InChI=1S/C29H32N4O3/c1-20-17-22(36-2)11-12-23(20)25-8-4-6-10-27(25)32-28(34)19-33(29(35)13-15-30)16-14-21-18-31-26-9-5-3-7-24(21)26/h3-12,17-18,31H,13-16,19,30H2,1-2H3,(H,32,34). The summed E-state index contributed by atoms with van der Waals surface area (Å²) in [6, 6.07) is 21.6. The molecule has 2 amide bonds. The molecule has 0 aliphatic rings. The predicted octanol–water partition coefficient (Wildman–Crippen LogP) is 4.51. The molecular weight excluding hydrogens is 452 g/mol. The molecule has 0 unspecified atom stereocenters. The van der Waals surface area contributed by atoms with Crippen molar-refractivity contribution in [2.24, 2.45) is 5.73 Å². The molecule has 0 bridgehead atoms. The number of nitrogens with one attached hydrogen (secondary N) is 2. The fraction of sp³-hybridized carbons (Fsp3) is 0.241. The molecule has 7 heteroatoms. The Labute approximate surface area is 211 Å². The molecule has 0 aliphatic carbocycles. The van der Waals surface area contributed by atoms with Gasteiger partial charge in [-0.25, -0.2) is 0 Å². The highest BCUT2D eigenvalue weighted by atomic mass is 16.5. The smallest absolute Gasteiger partial charge is 0.244 e. The van der Waals surface area contributed by atoms with Gasteiger partial charge in [0.2, 0.25) is 11.8 Å². The first-order chi connectivity index (χ1) is 17.5. The Balaban J connectivity index is 1.49. The number of H-pyrrole nitrogens is 1. The Kier molecular flexibility index (Phi) is 8.02. The number of rotatable bonds is 10. The third-order valence-corrected chi connectivity index (χ3v) is 6.30. The molecule has 0 atom stereocenters. The number of benzene rings is 3. The molecule has 0 saturated carbocycles. The fourth-order valence-corrected chi connectivity index (χ4v) is 4.42. The Morgan fingerprint density at radius 1 is 1.03 bits per heavy atom. The van der Waals surface area contributed by atoms with Crippen molar-refractivity contribution in [1.82, 2.24) is 9.88 Å². The number of hydrogen-bond acceptors (Lipinski definition) is 4. The Morgan fingerprint density at radius 2 is 1.81 bits per heavy atom. The zero-order chi connectivity index (χ0) is 25.5. The van der Waals surface area contributed by atoms with Crippen molar-refractivity contribution in [3.05, 3.63) is 84.1 Å². The van der Waals surface area contributed by atoms with E-state index in [2.05, 4.69) is 16.4 Å². The zero-order valence-corrected chi connectivity index (χ0v) is 20.7. The zero-order valence-electron chi connectivity index (χ0n) is 20.7. The summed E-state index contributed by atoms with van der Waals surface area (Å²) in [6.45, 7) is 2.63. The average molecular weight is 485 g/mol. The summed E-state index contributed by atoms with van der Waals surface area (Å²) in [4.78, 5) is 30.8. The highest BCUT2D eigenvalue weighted by Gasteiger charge is 2.19. The summed E-state index contributed by atoms with van der Waals surface area (Å²) in [5, 5.41) is 4.14. The van der Waals surface area contributed by atoms with E-state index in [4.69, 9.17) is 10.5 Å². The first-order valence-corrected chi connectivity index (χ1v) is 12.1. The minimum absolute atomic E-state index is 0.0445. The number of para-hydroxylation sites is 2. The monoisotopic (exact) mass is 484 g/mol. The van der Waals surface area contributed by atoms with Gasteiger partial charge in [0.25, 0.3) is 0 Å². The number of fused-ring (bicyclic) bond motifs is 1. The van der Waals surface area contributed by atoms with Crippen molar-refractivity contribution < 1.29 is 14.3 Å². The van der Waals surface area contributed by atoms with Gasteiger partial charge in [-0.2, -0.15) is 0 Å². The van der Waals surface area contributed by atoms with Gasteiger partial charge in [-0.15, -0.1) is 0 Å². The van der Waals surface area contributed by atoms with Crippen LogP contribution >= 0.6 is 0 Å². The molecule has 1 heterocycles. The fourth-order valence-electron chi connectivity index (χ4n) is 4.42. The lowest BCUT2D eigenvalue weighted by atomic mass is 9.98. The molecule has 4 rings (SSSR count). The summed E-state index contributed by atoms with van der Waals surface area (Å²) >= 11 is 0. The number of anilines is 1. The Hall–Kier alpha value is -4.10. The van der Waals surface area contributed by atoms with Crippen LogP contribution in [0.15, 0.2) is 72.9 Å². The summed E-state index contributed by atoms with van der Waals surface area (Å²) < 4.78 is 5.32. The summed E-state index contributed by atoms with van der Waals surface area (Å²) in [5.41, 5.74) is 11.4. The number of carbonyl (C=O) groups excluding carboxylic acids is 2. The molecule has 36 heavy (non-hydrogen) atoms. The molecule has 0 aliphatic heterocycles. The van der Waals surface area contributed by atoms with Crippen LogP contribution in [0.5, 0.6) is 5.75 Å². The van der Waals surface area contributed by atoms with E-state index in [1.54, 1.807) is 12.0 Å². The van der Waals surface area contributed by atoms with E-state index in [0.29, 0.717) is 18.7 Å². The van der Waals surface area contributed by atoms with E-state index >= 15 is 0 Å². The molecule has 0 radical (unpaired) electrons. The molecular formula is C29H32N4O3. The topological polar surface area (TPSA) is 100 Å². The highest BCUT2D eigenvalue weighted by molar-refractivity contribution is 5.98. The number of ether oxygens (including phenoxy) is 1. The van der Waals surface area contributed by atoms with Crippen molar-refractivity contribution in [1.29, 1.82) is 0 Å². The Bertz CT molecular complexity index is 1360. The van der Waals surface area contributed by atoms with E-state index in [9.17, 15) is 9.59 Å². The van der Waals surface area contributed by atoms with Crippen LogP contribution in [-0.2, 0) is 16.0 Å². The number of aryl methyl sites for hydroxylation is 1. The number of nitrogens with zero attached hydrogens (tertiary/aromatic N) is 1. The molecule has 3 aromatic carbocycles. The van der Waals surface area contributed by atoms with Crippen molar-refractivity contribution in [3.63, 3.8) is 0 Å². The van der Waals surface area contributed by atoms with Gasteiger partial charge in [0.15, 0.2) is 0 Å². The number of hydrogen-bond donors (Lipinski definition) is 3. The lowest BCUT2D eigenvalue weighted by molar-refractivity contribution is -0.134. The minimum atomic E-state index is -0.252. The third kappa shape index (κ3) is 5.75. The van der Waals surface area contributed by atoms with Gasteiger partial charge in [0.1, 0.15) is 5.75 Å². The normalized spacial score (nSPS) is 10.9. The first-order valence-electron chi connectivity index (χ1n) is 12.1. The van der Waals surface area contributed by atoms with Gasteiger partial charge >= 0.3 is 0 Å². The molecule has 0 fully saturated rings. The van der Waals surface area contributed by atoms with Crippen molar-refractivity contribution in [2.45, 2.75) is 19.8 Å². The van der Waals surface area contributed by atoms with Crippen LogP contribution < -0.4 is 15.8 Å². The molecule has 4 N–H and O–H groups in total. The number of aromatic nitrogens is 1. The maximum absolute atomic E-state index is 13.1. The summed E-state index contributed by atoms with van der Waals surface area (Å²) in [6.07, 6.45) is 2.79. The SMILES string of the molecule is COc1ccc(-c2ccccc2NC(=O)CN(CCc2c[nH]c3ccccc23)C(=O)CCN)c(C)c1. The van der Waals surface area contributed by atoms with Crippen LogP contribution in [0.2, 0.25) is 0 Å². The number of amides is 2. The van der Waals surface area contributed by atoms with Crippen LogP contribution in [0.3, 0.4) is 0 Å². The van der Waals surface area contributed by atoms with Gasteiger partial charge in [0.05, 0.1) is 13.7 Å². The third-order valence-electron chi connectivity index (χ3n) is 6.30. The molecule has 0 saturated heterocycles. The maximum Gasteiger partial charge on any atom is 0.244 e. The van der Waals surface area contributed by atoms with Crippen LogP contribution in [-0.4, -0.2) is 48.4 Å². The van der Waals surface area contributed by atoms with E-state index in [1.165, 1.54) is 0 Å². The minimum Gasteiger partial charge on any atom is -0.497 e. The maximum atomic E-state index is 13.1. The number of methoxy groups -OCH3 is 1. The van der Waals surface area contributed by atoms with Crippen LogP contribution in [0, 0.1) is 6.92 Å². The van der Waals surface area contributed by atoms with Crippen LogP contribution in [0.1, 0.15) is 17.5 Å². The Morgan fingerprint density at radius 3 is 2.58 bits per heavy atom. The number of nitrogens with two attached hydrogens (primary N) is 1. The highest BCUT2D eigenvalue weighted by Crippen LogP contribution is 2.32. The quantitative estimate of drug-likeness (QED) is 0.308. The van der Waals surface area contributed by atoms with E-state index in [-0.39, 0.29) is 31.3 Å². The lowest BCUT2D eigenvalue weighted by Crippen LogP contribution is -2.40. The van der Waals surface area contributed by atoms with E-state index in [1.807, 2.05) is 73.8 Å². The van der Waals surface area contributed by atoms with Crippen molar-refractivity contribution in [2.75, 3.05) is 32.1 Å². The average Bonchev–Trinajstić information content (AvgIpc) is 3.30. The number of carbonyl (C=O) groups is 2. The largest absolute Gasteiger partial charge is 0.497 e. The van der Waals surface area contributed by atoms with Gasteiger partial charge in [-0.3, -0.25) is 9.59 Å². The summed E-state index contributed by atoms with van der Waals surface area (Å²) in [7, 11) is 1.64. The van der Waals surface area contributed by atoms with E-state index < -0.39 is 0 Å². The van der Waals surface area contributed by atoms with Gasteiger partial charge in [0, 0.05) is 47.9 Å². The van der Waals surface area contributed by atoms with Crippen LogP contribution in [0.4, 0.5) is 5.69 Å². The second-order valence-corrected chi connectivity index (χ2v) is 8.74. The summed E-state index contributed by atoms with van der Waals surface area (Å²) in [5.74, 6) is 0.395. The second-order valence-electron chi connectivity index (χ2n) is 8.74. The lowest BCUT2D eigenvalue weighted by Gasteiger charge is -2.22.